The highest BCUT2D eigenvalue weighted by molar-refractivity contribution is 5.88. The van der Waals surface area contributed by atoms with Gasteiger partial charge >= 0.3 is 5.97 Å². The Labute approximate surface area is 120 Å². The molecule has 0 unspecified atom stereocenters. The number of fused-ring (bicyclic) bond motifs is 1. The smallest absolute Gasteiger partial charge is 0.335 e. The van der Waals surface area contributed by atoms with Crippen molar-refractivity contribution >= 4 is 11.7 Å². The number of aryl methyl sites for hydroxylation is 1. The lowest BCUT2D eigenvalue weighted by molar-refractivity contribution is 0.0696. The zero-order valence-electron chi connectivity index (χ0n) is 12.3. The van der Waals surface area contributed by atoms with Gasteiger partial charge in [0.1, 0.15) is 0 Å². The molecule has 1 N–H and O–H groups in total. The Hall–Kier alpha value is -1.55. The van der Waals surface area contributed by atoms with Crippen LogP contribution in [-0.4, -0.2) is 37.4 Å². The van der Waals surface area contributed by atoms with Crippen molar-refractivity contribution in [2.75, 3.05) is 31.2 Å². The van der Waals surface area contributed by atoms with E-state index in [4.69, 9.17) is 9.84 Å². The fraction of sp³-hybridized carbons (Fsp3) is 0.562. The molecular formula is C16H23NO3. The lowest BCUT2D eigenvalue weighted by atomic mass is 9.99. The molecule has 1 aliphatic rings. The molecule has 0 bridgehead atoms. The maximum atomic E-state index is 11.0. The molecular weight excluding hydrogens is 254 g/mol. The van der Waals surface area contributed by atoms with Crippen molar-refractivity contribution in [3.05, 3.63) is 29.3 Å². The van der Waals surface area contributed by atoms with Crippen molar-refractivity contribution in [2.24, 2.45) is 5.92 Å². The number of benzene rings is 1. The minimum Gasteiger partial charge on any atom is -0.478 e. The summed E-state index contributed by atoms with van der Waals surface area (Å²) in [6.45, 7) is 7.68. The number of carboxylic acids is 1. The van der Waals surface area contributed by atoms with Crippen LogP contribution in [0.3, 0.4) is 0 Å². The van der Waals surface area contributed by atoms with Crippen LogP contribution in [0.2, 0.25) is 0 Å². The third-order valence-corrected chi connectivity index (χ3v) is 3.50. The van der Waals surface area contributed by atoms with E-state index in [-0.39, 0.29) is 0 Å². The van der Waals surface area contributed by atoms with E-state index in [0.29, 0.717) is 11.5 Å². The highest BCUT2D eigenvalue weighted by Gasteiger charge is 2.18. The van der Waals surface area contributed by atoms with E-state index in [0.717, 1.165) is 50.4 Å². The van der Waals surface area contributed by atoms with E-state index in [1.54, 1.807) is 12.1 Å². The van der Waals surface area contributed by atoms with Crippen molar-refractivity contribution in [1.82, 2.24) is 0 Å². The molecule has 20 heavy (non-hydrogen) atoms. The van der Waals surface area contributed by atoms with Gasteiger partial charge in [0, 0.05) is 25.4 Å². The summed E-state index contributed by atoms with van der Waals surface area (Å²) in [5, 5.41) is 9.04. The molecule has 4 nitrogen and oxygen atoms in total. The Morgan fingerprint density at radius 2 is 2.25 bits per heavy atom. The number of anilines is 1. The first kappa shape index (κ1) is 14.9. The SMILES string of the molecule is CC(C)COCCN1CCCc2cc(C(=O)O)ccc21. The van der Waals surface area contributed by atoms with Gasteiger partial charge in [0.05, 0.1) is 12.2 Å². The molecule has 0 radical (unpaired) electrons. The van der Waals surface area contributed by atoms with E-state index >= 15 is 0 Å². The van der Waals surface area contributed by atoms with Crippen molar-refractivity contribution in [1.29, 1.82) is 0 Å². The van der Waals surface area contributed by atoms with Crippen LogP contribution in [0.4, 0.5) is 5.69 Å². The highest BCUT2D eigenvalue weighted by atomic mass is 16.5. The summed E-state index contributed by atoms with van der Waals surface area (Å²) in [5.74, 6) is -0.299. The molecule has 110 valence electrons. The van der Waals surface area contributed by atoms with Gasteiger partial charge in [0.2, 0.25) is 0 Å². The second-order valence-electron chi connectivity index (χ2n) is 5.71. The number of carboxylic acid groups (broad SMARTS) is 1. The van der Waals surface area contributed by atoms with Gasteiger partial charge in [-0.05, 0) is 42.5 Å². The number of hydrogen-bond acceptors (Lipinski definition) is 3. The van der Waals surface area contributed by atoms with Crippen molar-refractivity contribution in [2.45, 2.75) is 26.7 Å². The van der Waals surface area contributed by atoms with Crippen LogP contribution in [0.15, 0.2) is 18.2 Å². The number of hydrogen-bond donors (Lipinski definition) is 1. The Balaban J connectivity index is 1.99. The maximum absolute atomic E-state index is 11.0. The van der Waals surface area contributed by atoms with Gasteiger partial charge in [-0.2, -0.15) is 0 Å². The monoisotopic (exact) mass is 277 g/mol. The summed E-state index contributed by atoms with van der Waals surface area (Å²) in [5.41, 5.74) is 2.68. The minimum absolute atomic E-state index is 0.377. The fourth-order valence-corrected chi connectivity index (χ4v) is 2.53. The molecule has 1 aliphatic heterocycles. The number of carbonyl (C=O) groups is 1. The molecule has 0 amide bonds. The van der Waals surface area contributed by atoms with Crippen LogP contribution < -0.4 is 4.90 Å². The van der Waals surface area contributed by atoms with Crippen LogP contribution in [-0.2, 0) is 11.2 Å². The topological polar surface area (TPSA) is 49.8 Å². The van der Waals surface area contributed by atoms with E-state index in [1.807, 2.05) is 6.07 Å². The zero-order chi connectivity index (χ0) is 14.5. The molecule has 0 spiro atoms. The van der Waals surface area contributed by atoms with E-state index in [9.17, 15) is 4.79 Å². The average molecular weight is 277 g/mol. The standard InChI is InChI=1S/C16H23NO3/c1-12(2)11-20-9-8-17-7-3-4-13-10-14(16(18)19)5-6-15(13)17/h5-6,10,12H,3-4,7-9,11H2,1-2H3,(H,18,19). The van der Waals surface area contributed by atoms with E-state index in [1.165, 1.54) is 0 Å². The second kappa shape index (κ2) is 6.75. The Bertz CT molecular complexity index is 471. The van der Waals surface area contributed by atoms with Crippen LogP contribution in [0.1, 0.15) is 36.2 Å². The van der Waals surface area contributed by atoms with Crippen molar-refractivity contribution in [3.8, 4) is 0 Å². The summed E-state index contributed by atoms with van der Waals surface area (Å²) in [4.78, 5) is 13.3. The summed E-state index contributed by atoms with van der Waals surface area (Å²) in [6.07, 6.45) is 2.03. The summed E-state index contributed by atoms with van der Waals surface area (Å²) in [7, 11) is 0. The predicted octanol–water partition coefficient (Wildman–Crippen LogP) is 2.81. The Kier molecular flexibility index (Phi) is 5.01. The molecule has 0 saturated carbocycles. The third-order valence-electron chi connectivity index (χ3n) is 3.50. The quantitative estimate of drug-likeness (QED) is 0.812. The lowest BCUT2D eigenvalue weighted by Gasteiger charge is -2.31. The maximum Gasteiger partial charge on any atom is 0.335 e. The molecule has 1 heterocycles. The average Bonchev–Trinajstić information content (AvgIpc) is 2.42. The van der Waals surface area contributed by atoms with Crippen molar-refractivity contribution < 1.29 is 14.6 Å². The normalized spacial score (nSPS) is 14.4. The van der Waals surface area contributed by atoms with Gasteiger partial charge < -0.3 is 14.7 Å². The van der Waals surface area contributed by atoms with Gasteiger partial charge in [0.25, 0.3) is 0 Å². The van der Waals surface area contributed by atoms with Crippen LogP contribution in [0.25, 0.3) is 0 Å². The van der Waals surface area contributed by atoms with E-state index in [2.05, 4.69) is 18.7 Å². The molecule has 2 rings (SSSR count). The summed E-state index contributed by atoms with van der Waals surface area (Å²) < 4.78 is 5.64. The zero-order valence-corrected chi connectivity index (χ0v) is 12.3. The van der Waals surface area contributed by atoms with Crippen LogP contribution in [0, 0.1) is 5.92 Å². The van der Waals surface area contributed by atoms with Crippen LogP contribution >= 0.6 is 0 Å². The van der Waals surface area contributed by atoms with Gasteiger partial charge in [-0.25, -0.2) is 4.79 Å². The minimum atomic E-state index is -0.856. The molecule has 4 heteroatoms. The lowest BCUT2D eigenvalue weighted by Crippen LogP contribution is -2.32. The van der Waals surface area contributed by atoms with Gasteiger partial charge in [0.15, 0.2) is 0 Å². The molecule has 0 atom stereocenters. The van der Waals surface area contributed by atoms with Gasteiger partial charge in [-0.3, -0.25) is 0 Å². The van der Waals surface area contributed by atoms with Gasteiger partial charge in [-0.15, -0.1) is 0 Å². The molecule has 0 aromatic heterocycles. The van der Waals surface area contributed by atoms with E-state index < -0.39 is 5.97 Å². The number of ether oxygens (including phenoxy) is 1. The largest absolute Gasteiger partial charge is 0.478 e. The Morgan fingerprint density at radius 3 is 2.95 bits per heavy atom. The third kappa shape index (κ3) is 3.73. The first-order valence-corrected chi connectivity index (χ1v) is 7.27. The predicted molar refractivity (Wildman–Crippen MR) is 79.6 cm³/mol. The molecule has 1 aromatic rings. The molecule has 0 aliphatic carbocycles. The molecule has 0 saturated heterocycles. The first-order chi connectivity index (χ1) is 9.58. The number of aromatic carboxylic acids is 1. The summed E-state index contributed by atoms with van der Waals surface area (Å²) in [6, 6.07) is 5.42. The fourth-order valence-electron chi connectivity index (χ4n) is 2.53. The van der Waals surface area contributed by atoms with Gasteiger partial charge in [-0.1, -0.05) is 13.8 Å². The second-order valence-corrected chi connectivity index (χ2v) is 5.71. The number of rotatable bonds is 6. The van der Waals surface area contributed by atoms with Crippen LogP contribution in [0.5, 0.6) is 0 Å². The molecule has 0 fully saturated rings. The first-order valence-electron chi connectivity index (χ1n) is 7.27. The highest BCUT2D eigenvalue weighted by Crippen LogP contribution is 2.27. The molecule has 1 aromatic carbocycles. The Morgan fingerprint density at radius 1 is 1.45 bits per heavy atom. The van der Waals surface area contributed by atoms with Crippen molar-refractivity contribution in [3.63, 3.8) is 0 Å². The summed E-state index contributed by atoms with van der Waals surface area (Å²) >= 11 is 0. The number of nitrogens with zero attached hydrogens (tertiary/aromatic N) is 1.